The standard InChI is InChI=1S/C17H21ClN6O7S2/c1-2-5-33(29,30)11-7-23-6-9(15(26)24(23)13(11)16(27)28)20-14(25)12(22-31-4-3-18)10-8-32-17(19)21-10/h8-9H,2-7H2,1H3,(H2,19,21)(H,20,25)(H,27,28)/b22-12-/t9-/m0/s1. The smallest absolute Gasteiger partial charge is 0.355 e. The zero-order valence-corrected chi connectivity index (χ0v) is 19.7. The van der Waals surface area contributed by atoms with Crippen LogP contribution in [0.25, 0.3) is 0 Å². The number of nitrogen functional groups attached to an aromatic ring is 1. The van der Waals surface area contributed by atoms with Crippen LogP contribution in [-0.4, -0.2) is 89.4 Å². The van der Waals surface area contributed by atoms with Crippen LogP contribution in [0.1, 0.15) is 19.0 Å². The van der Waals surface area contributed by atoms with E-state index in [0.29, 0.717) is 6.42 Å². The van der Waals surface area contributed by atoms with Crippen molar-refractivity contribution in [3.63, 3.8) is 0 Å². The van der Waals surface area contributed by atoms with Crippen LogP contribution in [0.5, 0.6) is 0 Å². The van der Waals surface area contributed by atoms with E-state index in [-0.39, 0.29) is 52.8 Å². The molecule has 2 amide bonds. The topological polar surface area (TPSA) is 185 Å². The number of rotatable bonds is 10. The first kappa shape index (κ1) is 24.9. The van der Waals surface area contributed by atoms with E-state index in [0.717, 1.165) is 16.3 Å². The van der Waals surface area contributed by atoms with Crippen LogP contribution in [0.15, 0.2) is 21.1 Å². The number of hydrogen-bond acceptors (Lipinski definition) is 11. The maximum absolute atomic E-state index is 12.9. The van der Waals surface area contributed by atoms with Gasteiger partial charge >= 0.3 is 5.97 Å². The van der Waals surface area contributed by atoms with E-state index in [1.165, 1.54) is 10.4 Å². The lowest BCUT2D eigenvalue weighted by atomic mass is 10.2. The molecule has 0 saturated carbocycles. The molecule has 4 N–H and O–H groups in total. The maximum atomic E-state index is 12.9. The highest BCUT2D eigenvalue weighted by Gasteiger charge is 2.50. The Kier molecular flexibility index (Phi) is 7.56. The summed E-state index contributed by atoms with van der Waals surface area (Å²) in [5, 5.41) is 19.5. The summed E-state index contributed by atoms with van der Waals surface area (Å²) in [6.07, 6.45) is 0.292. The minimum absolute atomic E-state index is 0.0175. The number of carboxylic acid groups (broad SMARTS) is 1. The Bertz CT molecular complexity index is 1130. The monoisotopic (exact) mass is 520 g/mol. The van der Waals surface area contributed by atoms with Crippen LogP contribution in [0.2, 0.25) is 0 Å². The molecule has 3 rings (SSSR count). The van der Waals surface area contributed by atoms with Crippen molar-refractivity contribution in [3.05, 3.63) is 21.7 Å². The van der Waals surface area contributed by atoms with Crippen molar-refractivity contribution >= 4 is 61.4 Å². The van der Waals surface area contributed by atoms with E-state index in [9.17, 15) is 27.9 Å². The molecule has 1 fully saturated rings. The molecule has 1 aromatic rings. The minimum Gasteiger partial charge on any atom is -0.476 e. The molecule has 33 heavy (non-hydrogen) atoms. The van der Waals surface area contributed by atoms with Crippen molar-refractivity contribution in [2.75, 3.05) is 37.1 Å². The summed E-state index contributed by atoms with van der Waals surface area (Å²) in [5.41, 5.74) is 4.86. The Morgan fingerprint density at radius 2 is 2.21 bits per heavy atom. The van der Waals surface area contributed by atoms with Gasteiger partial charge in [-0.3, -0.25) is 9.59 Å². The molecule has 0 radical (unpaired) electrons. The van der Waals surface area contributed by atoms with Gasteiger partial charge in [0.25, 0.3) is 11.8 Å². The highest BCUT2D eigenvalue weighted by atomic mass is 35.5. The van der Waals surface area contributed by atoms with Crippen molar-refractivity contribution in [1.29, 1.82) is 0 Å². The number of anilines is 1. The van der Waals surface area contributed by atoms with Crippen LogP contribution in [0.3, 0.4) is 0 Å². The number of oxime groups is 1. The molecule has 0 aliphatic carbocycles. The Hall–Kier alpha value is -2.75. The van der Waals surface area contributed by atoms with Crippen LogP contribution in [0, 0.1) is 0 Å². The number of fused-ring (bicyclic) bond motifs is 1. The van der Waals surface area contributed by atoms with Crippen molar-refractivity contribution in [3.8, 4) is 0 Å². The number of sulfone groups is 1. The first-order valence-corrected chi connectivity index (χ1v) is 12.7. The number of hydrazine groups is 1. The van der Waals surface area contributed by atoms with Crippen molar-refractivity contribution in [1.82, 2.24) is 20.3 Å². The average molecular weight is 521 g/mol. The summed E-state index contributed by atoms with van der Waals surface area (Å²) in [4.78, 5) is 46.3. The predicted molar refractivity (Wildman–Crippen MR) is 119 cm³/mol. The Morgan fingerprint density at radius 1 is 1.48 bits per heavy atom. The van der Waals surface area contributed by atoms with Gasteiger partial charge < -0.3 is 21.0 Å². The molecule has 0 bridgehead atoms. The second-order valence-electron chi connectivity index (χ2n) is 6.95. The number of aliphatic carboxylic acids is 1. The first-order valence-electron chi connectivity index (χ1n) is 9.66. The molecule has 180 valence electrons. The molecular formula is C17H21ClN6O7S2. The Labute approximate surface area is 197 Å². The predicted octanol–water partition coefficient (Wildman–Crippen LogP) is -0.637. The largest absolute Gasteiger partial charge is 0.476 e. The summed E-state index contributed by atoms with van der Waals surface area (Å²) in [5.74, 6) is -3.27. The molecule has 3 heterocycles. The van der Waals surface area contributed by atoms with Crippen LogP contribution in [0.4, 0.5) is 5.13 Å². The number of nitrogens with two attached hydrogens (primary N) is 1. The highest BCUT2D eigenvalue weighted by molar-refractivity contribution is 7.95. The molecule has 1 saturated heterocycles. The van der Waals surface area contributed by atoms with Gasteiger partial charge in [0.05, 0.1) is 23.1 Å². The SMILES string of the molecule is CCCS(=O)(=O)C1=C(C(=O)O)N2C(=O)[C@@H](NC(=O)/C(=N\OCCCl)c3csc(N)n3)CN2C1. The summed E-state index contributed by atoms with van der Waals surface area (Å²) in [7, 11) is -3.86. The van der Waals surface area contributed by atoms with Gasteiger partial charge in [-0.2, -0.15) is 0 Å². The fourth-order valence-corrected chi connectivity index (χ4v) is 5.54. The van der Waals surface area contributed by atoms with Gasteiger partial charge in [0.15, 0.2) is 26.4 Å². The summed E-state index contributed by atoms with van der Waals surface area (Å²) < 4.78 is 25.0. The third-order valence-corrected chi connectivity index (χ3v) is 7.49. The van der Waals surface area contributed by atoms with Gasteiger partial charge in [0.2, 0.25) is 0 Å². The maximum Gasteiger partial charge on any atom is 0.355 e. The third-order valence-electron chi connectivity index (χ3n) is 4.65. The fourth-order valence-electron chi connectivity index (χ4n) is 3.33. The third kappa shape index (κ3) is 5.10. The Balaban J connectivity index is 1.84. The number of nitrogens with zero attached hydrogens (tertiary/aromatic N) is 4. The molecule has 16 heteroatoms. The molecule has 1 atom stereocenters. The fraction of sp³-hybridized carbons (Fsp3) is 0.471. The summed E-state index contributed by atoms with van der Waals surface area (Å²) in [6.45, 7) is 1.24. The van der Waals surface area contributed by atoms with Gasteiger partial charge in [-0.05, 0) is 6.42 Å². The number of nitrogens with one attached hydrogen (secondary N) is 1. The zero-order chi connectivity index (χ0) is 24.3. The molecule has 2 aliphatic rings. The van der Waals surface area contributed by atoms with E-state index in [2.05, 4.69) is 15.5 Å². The number of alkyl halides is 1. The molecule has 0 spiro atoms. The zero-order valence-electron chi connectivity index (χ0n) is 17.4. The van der Waals surface area contributed by atoms with E-state index >= 15 is 0 Å². The summed E-state index contributed by atoms with van der Waals surface area (Å²) in [6, 6.07) is -1.16. The van der Waals surface area contributed by atoms with Gasteiger partial charge in [0.1, 0.15) is 18.3 Å². The van der Waals surface area contributed by atoms with E-state index in [1.54, 1.807) is 6.92 Å². The lowest BCUT2D eigenvalue weighted by molar-refractivity contribution is -0.143. The summed E-state index contributed by atoms with van der Waals surface area (Å²) >= 11 is 6.62. The number of aromatic nitrogens is 1. The number of carbonyl (C=O) groups excluding carboxylic acids is 2. The number of carbonyl (C=O) groups is 3. The van der Waals surface area contributed by atoms with Crippen LogP contribution >= 0.6 is 22.9 Å². The molecule has 0 unspecified atom stereocenters. The van der Waals surface area contributed by atoms with Crippen molar-refractivity contribution < 1.29 is 32.7 Å². The molecule has 1 aromatic heterocycles. The quantitative estimate of drug-likeness (QED) is 0.155. The number of carboxylic acids is 1. The highest BCUT2D eigenvalue weighted by Crippen LogP contribution is 2.32. The molecular weight excluding hydrogens is 500 g/mol. The van der Waals surface area contributed by atoms with E-state index < -0.39 is 39.4 Å². The number of amides is 2. The molecule has 13 nitrogen and oxygen atoms in total. The van der Waals surface area contributed by atoms with Gasteiger partial charge in [-0.25, -0.2) is 28.2 Å². The second-order valence-corrected chi connectivity index (χ2v) is 10.4. The van der Waals surface area contributed by atoms with Crippen LogP contribution < -0.4 is 11.1 Å². The molecule has 0 aromatic carbocycles. The van der Waals surface area contributed by atoms with E-state index in [4.69, 9.17) is 22.2 Å². The minimum atomic E-state index is -3.86. The lowest BCUT2D eigenvalue weighted by Gasteiger charge is -2.18. The van der Waals surface area contributed by atoms with Gasteiger partial charge in [-0.15, -0.1) is 22.9 Å². The number of halogens is 1. The van der Waals surface area contributed by atoms with Gasteiger partial charge in [0, 0.05) is 11.9 Å². The van der Waals surface area contributed by atoms with Crippen molar-refractivity contribution in [2.45, 2.75) is 19.4 Å². The lowest BCUT2D eigenvalue weighted by Crippen LogP contribution is -2.46. The molecule has 2 aliphatic heterocycles. The van der Waals surface area contributed by atoms with Crippen molar-refractivity contribution in [2.24, 2.45) is 5.16 Å². The number of thiazole rings is 1. The van der Waals surface area contributed by atoms with E-state index in [1.807, 2.05) is 0 Å². The van der Waals surface area contributed by atoms with Gasteiger partial charge in [-0.1, -0.05) is 12.1 Å². The number of hydrogen-bond donors (Lipinski definition) is 3. The first-order chi connectivity index (χ1) is 15.6. The average Bonchev–Trinajstić information content (AvgIpc) is 3.41. The Morgan fingerprint density at radius 3 is 2.79 bits per heavy atom. The normalized spacial score (nSPS) is 19.2. The second kappa shape index (κ2) is 10.0. The van der Waals surface area contributed by atoms with Crippen LogP contribution in [-0.2, 0) is 29.1 Å².